The third-order valence-electron chi connectivity index (χ3n) is 4.81. The number of esters is 4. The van der Waals surface area contributed by atoms with E-state index in [2.05, 4.69) is 10.3 Å². The van der Waals surface area contributed by atoms with E-state index >= 15 is 0 Å². The molecule has 34 heavy (non-hydrogen) atoms. The minimum absolute atomic E-state index is 0.325. The highest BCUT2D eigenvalue weighted by Gasteiger charge is 2.53. The molecule has 1 saturated heterocycles. The molecule has 2 aromatic rings. The third kappa shape index (κ3) is 6.16. The number of aromatic nitrogens is 3. The molecule has 1 aliphatic rings. The first-order chi connectivity index (χ1) is 16.2. The fraction of sp³-hybridized carbons (Fsp3) is 0.455. The van der Waals surface area contributed by atoms with Crippen LogP contribution in [0.2, 0.25) is 0 Å². The van der Waals surface area contributed by atoms with E-state index in [1.807, 2.05) is 30.3 Å². The molecule has 0 spiro atoms. The molecule has 12 nitrogen and oxygen atoms in total. The molecule has 12 heteroatoms. The van der Waals surface area contributed by atoms with Gasteiger partial charge in [-0.15, -0.1) is 5.10 Å². The van der Waals surface area contributed by atoms with Gasteiger partial charge in [-0.3, -0.25) is 19.2 Å². The van der Waals surface area contributed by atoms with Crippen LogP contribution in [0, 0.1) is 0 Å². The molecule has 0 saturated carbocycles. The number of hydrogen-bond acceptors (Lipinski definition) is 11. The Morgan fingerprint density at radius 3 is 2.03 bits per heavy atom. The van der Waals surface area contributed by atoms with E-state index in [-0.39, 0.29) is 6.61 Å². The van der Waals surface area contributed by atoms with E-state index in [1.165, 1.54) is 18.5 Å². The minimum Gasteiger partial charge on any atom is -0.463 e. The van der Waals surface area contributed by atoms with Gasteiger partial charge in [0.05, 0.1) is 6.20 Å². The topological polar surface area (TPSA) is 145 Å². The molecule has 0 unspecified atom stereocenters. The van der Waals surface area contributed by atoms with Gasteiger partial charge in [-0.25, -0.2) is 4.68 Å². The Kier molecular flexibility index (Phi) is 7.95. The van der Waals surface area contributed by atoms with E-state index in [0.717, 1.165) is 19.4 Å². The molecule has 1 aliphatic heterocycles. The van der Waals surface area contributed by atoms with Crippen LogP contribution in [0.3, 0.4) is 0 Å². The van der Waals surface area contributed by atoms with Crippen LogP contribution in [0.15, 0.2) is 36.5 Å². The molecule has 1 aromatic carbocycles. The maximum atomic E-state index is 11.9. The molecule has 0 amide bonds. The Morgan fingerprint density at radius 1 is 0.853 bits per heavy atom. The molecule has 0 N–H and O–H groups in total. The first-order valence-electron chi connectivity index (χ1n) is 10.4. The maximum absolute atomic E-state index is 11.9. The lowest BCUT2D eigenvalue weighted by Gasteiger charge is -2.44. The molecule has 0 aliphatic carbocycles. The zero-order chi connectivity index (χ0) is 24.8. The summed E-state index contributed by atoms with van der Waals surface area (Å²) in [4.78, 5) is 47.1. The number of carbonyl (C=O) groups excluding carboxylic acids is 4. The summed E-state index contributed by atoms with van der Waals surface area (Å²) in [5.74, 6) is -2.71. The molecule has 0 bridgehead atoms. The maximum Gasteiger partial charge on any atom is 0.303 e. The van der Waals surface area contributed by atoms with Gasteiger partial charge in [-0.2, -0.15) is 0 Å². The van der Waals surface area contributed by atoms with Gasteiger partial charge in [0.25, 0.3) is 0 Å². The van der Waals surface area contributed by atoms with Crippen molar-refractivity contribution in [1.82, 2.24) is 15.0 Å². The summed E-state index contributed by atoms with van der Waals surface area (Å²) in [6, 6.07) is 9.20. The molecule has 3 rings (SSSR count). The van der Waals surface area contributed by atoms with Crippen molar-refractivity contribution in [3.05, 3.63) is 36.5 Å². The van der Waals surface area contributed by atoms with Crippen LogP contribution in [0.25, 0.3) is 11.3 Å². The van der Waals surface area contributed by atoms with E-state index in [9.17, 15) is 19.2 Å². The monoisotopic (exact) mass is 475 g/mol. The highest BCUT2D eigenvalue weighted by Crippen LogP contribution is 2.35. The fourth-order valence-corrected chi connectivity index (χ4v) is 3.56. The van der Waals surface area contributed by atoms with Crippen molar-refractivity contribution >= 4 is 23.9 Å². The number of benzene rings is 1. The number of rotatable bonds is 7. The first kappa shape index (κ1) is 24.8. The van der Waals surface area contributed by atoms with Gasteiger partial charge < -0.3 is 23.7 Å². The molecule has 1 aromatic heterocycles. The van der Waals surface area contributed by atoms with Crippen molar-refractivity contribution in [2.45, 2.75) is 58.3 Å². The second-order valence-electron chi connectivity index (χ2n) is 7.54. The fourth-order valence-electron chi connectivity index (χ4n) is 3.56. The molecule has 182 valence electrons. The second-order valence-corrected chi connectivity index (χ2v) is 7.54. The highest BCUT2D eigenvalue weighted by molar-refractivity contribution is 5.68. The number of carbonyl (C=O) groups is 4. The van der Waals surface area contributed by atoms with Crippen LogP contribution in [-0.4, -0.2) is 69.9 Å². The largest absolute Gasteiger partial charge is 0.463 e. The van der Waals surface area contributed by atoms with Crippen molar-refractivity contribution in [3.63, 3.8) is 0 Å². The van der Waals surface area contributed by atoms with Gasteiger partial charge in [0, 0.05) is 33.3 Å². The minimum atomic E-state index is -1.28. The lowest BCUT2D eigenvalue weighted by Crippen LogP contribution is -2.60. The summed E-state index contributed by atoms with van der Waals surface area (Å²) in [7, 11) is 0. The van der Waals surface area contributed by atoms with Gasteiger partial charge in [0.2, 0.25) is 0 Å². The zero-order valence-corrected chi connectivity index (χ0v) is 19.1. The first-order valence-corrected chi connectivity index (χ1v) is 10.4. The normalized spacial score (nSPS) is 24.1. The van der Waals surface area contributed by atoms with Gasteiger partial charge in [-0.05, 0) is 0 Å². The summed E-state index contributed by atoms with van der Waals surface area (Å²) in [5, 5.41) is 8.24. The summed E-state index contributed by atoms with van der Waals surface area (Å²) < 4.78 is 28.6. The second kappa shape index (κ2) is 10.9. The highest BCUT2D eigenvalue weighted by atomic mass is 16.7. The van der Waals surface area contributed by atoms with Crippen LogP contribution < -0.4 is 0 Å². The lowest BCUT2D eigenvalue weighted by molar-refractivity contribution is -0.270. The third-order valence-corrected chi connectivity index (χ3v) is 4.81. The molecular weight excluding hydrogens is 450 g/mol. The SMILES string of the molecule is CC(=O)OC[C@H]1O[C@@H](n2cc(-c3ccccc3)nn2)[C@H](OC(C)=O)[C@@H](OC(C)=O)[C@H]1OC(C)=O. The van der Waals surface area contributed by atoms with Crippen LogP contribution in [0.1, 0.15) is 33.9 Å². The zero-order valence-electron chi connectivity index (χ0n) is 19.1. The summed E-state index contributed by atoms with van der Waals surface area (Å²) >= 11 is 0. The Balaban J connectivity index is 2.03. The van der Waals surface area contributed by atoms with Crippen LogP contribution in [0.4, 0.5) is 0 Å². The van der Waals surface area contributed by atoms with E-state index < -0.39 is 54.5 Å². The molecule has 1 fully saturated rings. The van der Waals surface area contributed by atoms with Gasteiger partial charge in [0.15, 0.2) is 24.5 Å². The Bertz CT molecular complexity index is 1040. The average molecular weight is 475 g/mol. The average Bonchev–Trinajstić information content (AvgIpc) is 3.25. The molecule has 2 heterocycles. The van der Waals surface area contributed by atoms with Crippen LogP contribution in [0.5, 0.6) is 0 Å². The molecule has 0 radical (unpaired) electrons. The van der Waals surface area contributed by atoms with Crippen molar-refractivity contribution in [2.24, 2.45) is 0 Å². The van der Waals surface area contributed by atoms with Crippen molar-refractivity contribution in [3.8, 4) is 11.3 Å². The van der Waals surface area contributed by atoms with Crippen molar-refractivity contribution < 1.29 is 42.9 Å². The Hall–Kier alpha value is -3.80. The summed E-state index contributed by atoms with van der Waals surface area (Å²) in [6.45, 7) is 4.36. The summed E-state index contributed by atoms with van der Waals surface area (Å²) in [5.41, 5.74) is 1.29. The smallest absolute Gasteiger partial charge is 0.303 e. The predicted octanol–water partition coefficient (Wildman–Crippen LogP) is 1.20. The van der Waals surface area contributed by atoms with Crippen LogP contribution in [-0.2, 0) is 42.9 Å². The number of hydrogen-bond donors (Lipinski definition) is 0. The Morgan fingerprint density at radius 2 is 1.44 bits per heavy atom. The van der Waals surface area contributed by atoms with E-state index in [0.29, 0.717) is 5.69 Å². The predicted molar refractivity (Wildman–Crippen MR) is 113 cm³/mol. The number of ether oxygens (including phenoxy) is 5. The number of nitrogens with zero attached hydrogens (tertiary/aromatic N) is 3. The van der Waals surface area contributed by atoms with E-state index in [4.69, 9.17) is 23.7 Å². The van der Waals surface area contributed by atoms with Crippen LogP contribution >= 0.6 is 0 Å². The lowest BCUT2D eigenvalue weighted by atomic mass is 9.97. The van der Waals surface area contributed by atoms with Gasteiger partial charge >= 0.3 is 23.9 Å². The van der Waals surface area contributed by atoms with Gasteiger partial charge in [0.1, 0.15) is 18.4 Å². The standard InChI is InChI=1S/C22H25N3O9/c1-12(26)30-11-18-19(31-13(2)27)20(32-14(3)28)21(33-15(4)29)22(34-18)25-10-17(23-24-25)16-8-6-5-7-9-16/h5-10,18-22H,11H2,1-4H3/t18-,19+,20+,21-,22-/m1/s1. The van der Waals surface area contributed by atoms with Crippen molar-refractivity contribution in [2.75, 3.05) is 6.61 Å². The summed E-state index contributed by atoms with van der Waals surface area (Å²) in [6.07, 6.45) is -4.43. The molecule has 5 atom stereocenters. The van der Waals surface area contributed by atoms with Crippen molar-refractivity contribution in [1.29, 1.82) is 0 Å². The quantitative estimate of drug-likeness (QED) is 0.420. The Labute approximate surface area is 195 Å². The van der Waals surface area contributed by atoms with Gasteiger partial charge in [-0.1, -0.05) is 35.5 Å². The van der Waals surface area contributed by atoms with E-state index in [1.54, 1.807) is 6.20 Å². The molecular formula is C22H25N3O9.